The zero-order valence-electron chi connectivity index (χ0n) is 10.7. The molecule has 0 unspecified atom stereocenters. The summed E-state index contributed by atoms with van der Waals surface area (Å²) in [6.07, 6.45) is 0. The van der Waals surface area contributed by atoms with Crippen molar-refractivity contribution < 1.29 is 4.79 Å². The molecule has 106 valence electrons. The molecule has 0 fully saturated rings. The van der Waals surface area contributed by atoms with Gasteiger partial charge in [0.05, 0.1) is 0 Å². The molecule has 0 atom stereocenters. The SMILES string of the molecule is NC(N)=NNC(=O)Nc1nnc2c(n1)[nH]c1ccccc12. The molecule has 0 radical (unpaired) electrons. The Morgan fingerprint density at radius 1 is 1.24 bits per heavy atom. The molecule has 0 aliphatic rings. The van der Waals surface area contributed by atoms with Crippen LogP contribution in [0.5, 0.6) is 0 Å². The van der Waals surface area contributed by atoms with Crippen molar-refractivity contribution >= 4 is 40.0 Å². The van der Waals surface area contributed by atoms with Crippen molar-refractivity contribution in [1.29, 1.82) is 0 Å². The van der Waals surface area contributed by atoms with Crippen molar-refractivity contribution in [2.24, 2.45) is 16.6 Å². The number of nitrogens with one attached hydrogen (secondary N) is 3. The van der Waals surface area contributed by atoms with E-state index >= 15 is 0 Å². The number of carbonyl (C=O) groups excluding carboxylic acids is 1. The third-order valence-electron chi connectivity index (χ3n) is 2.63. The first-order valence-electron chi connectivity index (χ1n) is 5.90. The minimum Gasteiger partial charge on any atom is -0.369 e. The molecule has 3 aromatic rings. The van der Waals surface area contributed by atoms with E-state index in [0.29, 0.717) is 11.2 Å². The number of guanidine groups is 1. The molecule has 0 saturated heterocycles. The minimum absolute atomic E-state index is 0.0253. The van der Waals surface area contributed by atoms with E-state index in [4.69, 9.17) is 11.5 Å². The number of fused-ring (bicyclic) bond motifs is 3. The van der Waals surface area contributed by atoms with Gasteiger partial charge in [-0.2, -0.15) is 4.98 Å². The van der Waals surface area contributed by atoms with Gasteiger partial charge >= 0.3 is 6.03 Å². The number of hydrogen-bond acceptors (Lipinski definition) is 5. The summed E-state index contributed by atoms with van der Waals surface area (Å²) in [7, 11) is 0. The summed E-state index contributed by atoms with van der Waals surface area (Å²) in [6.45, 7) is 0. The van der Waals surface area contributed by atoms with E-state index in [1.807, 2.05) is 24.3 Å². The maximum absolute atomic E-state index is 11.5. The third-order valence-corrected chi connectivity index (χ3v) is 2.63. The van der Waals surface area contributed by atoms with Gasteiger partial charge in [0.1, 0.15) is 5.52 Å². The Bertz CT molecular complexity index is 849. The van der Waals surface area contributed by atoms with E-state index in [1.54, 1.807) is 0 Å². The number of carbonyl (C=O) groups is 1. The van der Waals surface area contributed by atoms with Crippen LogP contribution < -0.4 is 22.2 Å². The van der Waals surface area contributed by atoms with Gasteiger partial charge in [-0.1, -0.05) is 18.2 Å². The fourth-order valence-corrected chi connectivity index (χ4v) is 1.82. The lowest BCUT2D eigenvalue weighted by atomic mass is 10.2. The van der Waals surface area contributed by atoms with Crippen molar-refractivity contribution in [3.8, 4) is 0 Å². The highest BCUT2D eigenvalue weighted by molar-refractivity contribution is 6.03. The van der Waals surface area contributed by atoms with Gasteiger partial charge in [-0.05, 0) is 6.07 Å². The molecule has 7 N–H and O–H groups in total. The highest BCUT2D eigenvalue weighted by Crippen LogP contribution is 2.21. The number of nitrogens with two attached hydrogens (primary N) is 2. The summed E-state index contributed by atoms with van der Waals surface area (Å²) in [5.74, 6) is -0.243. The smallest absolute Gasteiger partial charge is 0.342 e. The summed E-state index contributed by atoms with van der Waals surface area (Å²) in [6, 6.07) is 6.92. The van der Waals surface area contributed by atoms with Crippen LogP contribution in [0.25, 0.3) is 22.1 Å². The third kappa shape index (κ3) is 2.49. The van der Waals surface area contributed by atoms with Crippen LogP contribution in [0, 0.1) is 0 Å². The van der Waals surface area contributed by atoms with Gasteiger partial charge in [0.2, 0.25) is 5.96 Å². The quantitative estimate of drug-likeness (QED) is 0.249. The standard InChI is InChI=1S/C11H11N9O/c12-9(13)18-20-11(21)16-10-15-8-7(17-19-10)5-3-1-2-4-6(5)14-8/h1-4H,(H4,12,13,18)(H3,14,15,16,19,20,21). The molecule has 0 aliphatic carbocycles. The van der Waals surface area contributed by atoms with Crippen molar-refractivity contribution in [3.05, 3.63) is 24.3 Å². The van der Waals surface area contributed by atoms with Crippen LogP contribution in [0.2, 0.25) is 0 Å². The molecule has 2 heterocycles. The monoisotopic (exact) mass is 285 g/mol. The Hall–Kier alpha value is -3.43. The molecule has 10 heteroatoms. The number of urea groups is 1. The number of benzene rings is 1. The maximum atomic E-state index is 11.5. The summed E-state index contributed by atoms with van der Waals surface area (Å²) < 4.78 is 0. The van der Waals surface area contributed by atoms with Crippen LogP contribution >= 0.6 is 0 Å². The van der Waals surface area contributed by atoms with Crippen molar-refractivity contribution in [3.63, 3.8) is 0 Å². The summed E-state index contributed by atoms with van der Waals surface area (Å²) >= 11 is 0. The fraction of sp³-hybridized carbons (Fsp3) is 0. The van der Waals surface area contributed by atoms with Crippen molar-refractivity contribution in [2.45, 2.75) is 0 Å². The van der Waals surface area contributed by atoms with Crippen LogP contribution in [0.4, 0.5) is 10.7 Å². The number of nitrogens with zero attached hydrogens (tertiary/aromatic N) is 4. The van der Waals surface area contributed by atoms with Crippen LogP contribution in [0.15, 0.2) is 29.4 Å². The zero-order valence-corrected chi connectivity index (χ0v) is 10.7. The van der Waals surface area contributed by atoms with Crippen LogP contribution in [-0.4, -0.2) is 32.2 Å². The van der Waals surface area contributed by atoms with Gasteiger partial charge in [0.15, 0.2) is 5.65 Å². The Balaban J connectivity index is 1.89. The molecule has 0 aliphatic heterocycles. The highest BCUT2D eigenvalue weighted by atomic mass is 16.2. The maximum Gasteiger partial charge on any atom is 0.342 e. The Kier molecular flexibility index (Phi) is 2.95. The van der Waals surface area contributed by atoms with Gasteiger partial charge in [0.25, 0.3) is 5.95 Å². The molecule has 0 saturated carbocycles. The Morgan fingerprint density at radius 2 is 2.05 bits per heavy atom. The molecule has 10 nitrogen and oxygen atoms in total. The van der Waals surface area contributed by atoms with E-state index in [-0.39, 0.29) is 11.9 Å². The molecule has 2 aromatic heterocycles. The van der Waals surface area contributed by atoms with Gasteiger partial charge in [-0.25, -0.2) is 10.2 Å². The van der Waals surface area contributed by atoms with Gasteiger partial charge < -0.3 is 16.5 Å². The number of hydrogen-bond donors (Lipinski definition) is 5. The highest BCUT2D eigenvalue weighted by Gasteiger charge is 2.10. The van der Waals surface area contributed by atoms with E-state index in [0.717, 1.165) is 10.9 Å². The lowest BCUT2D eigenvalue weighted by Crippen LogP contribution is -2.31. The Morgan fingerprint density at radius 3 is 2.86 bits per heavy atom. The number of amides is 2. The summed E-state index contributed by atoms with van der Waals surface area (Å²) in [5, 5.41) is 14.5. The molecule has 1 aromatic carbocycles. The lowest BCUT2D eigenvalue weighted by Gasteiger charge is -2.01. The predicted molar refractivity (Wildman–Crippen MR) is 77.2 cm³/mol. The van der Waals surface area contributed by atoms with Crippen LogP contribution in [-0.2, 0) is 0 Å². The fourth-order valence-electron chi connectivity index (χ4n) is 1.82. The number of rotatable bonds is 2. The summed E-state index contributed by atoms with van der Waals surface area (Å²) in [4.78, 5) is 18.7. The molecular weight excluding hydrogens is 274 g/mol. The predicted octanol–water partition coefficient (Wildman–Crippen LogP) is -0.184. The average Bonchev–Trinajstić information content (AvgIpc) is 2.82. The first-order valence-corrected chi connectivity index (χ1v) is 5.90. The van der Waals surface area contributed by atoms with Crippen molar-refractivity contribution in [1.82, 2.24) is 25.6 Å². The average molecular weight is 285 g/mol. The number of para-hydroxylation sites is 1. The zero-order chi connectivity index (χ0) is 14.8. The molecule has 21 heavy (non-hydrogen) atoms. The van der Waals surface area contributed by atoms with E-state index in [2.05, 4.69) is 36.0 Å². The number of aromatic amines is 1. The number of H-pyrrole nitrogens is 1. The second kappa shape index (κ2) is 4.92. The normalized spacial score (nSPS) is 10.5. The minimum atomic E-state index is -0.680. The van der Waals surface area contributed by atoms with E-state index < -0.39 is 6.03 Å². The van der Waals surface area contributed by atoms with Crippen LogP contribution in [0.3, 0.4) is 0 Å². The second-order valence-electron chi connectivity index (χ2n) is 4.11. The number of anilines is 1. The largest absolute Gasteiger partial charge is 0.369 e. The molecule has 2 amide bonds. The van der Waals surface area contributed by atoms with Crippen molar-refractivity contribution in [2.75, 3.05) is 5.32 Å². The topological polar surface area (TPSA) is 160 Å². The van der Waals surface area contributed by atoms with Gasteiger partial charge in [-0.3, -0.25) is 5.32 Å². The molecule has 0 bridgehead atoms. The van der Waals surface area contributed by atoms with Crippen LogP contribution in [0.1, 0.15) is 0 Å². The van der Waals surface area contributed by atoms with Gasteiger partial charge in [-0.15, -0.1) is 15.3 Å². The second-order valence-corrected chi connectivity index (χ2v) is 4.11. The first-order chi connectivity index (χ1) is 10.1. The molecule has 0 spiro atoms. The number of hydrazone groups is 1. The van der Waals surface area contributed by atoms with Gasteiger partial charge in [0, 0.05) is 10.9 Å². The Labute approximate surface area is 117 Å². The molecule has 3 rings (SSSR count). The summed E-state index contributed by atoms with van der Waals surface area (Å²) in [5.41, 5.74) is 14.3. The number of aromatic nitrogens is 4. The molecular formula is C11H11N9O. The lowest BCUT2D eigenvalue weighted by molar-refractivity contribution is 0.252. The van der Waals surface area contributed by atoms with E-state index in [9.17, 15) is 4.79 Å². The van der Waals surface area contributed by atoms with E-state index in [1.165, 1.54) is 0 Å². The first kappa shape index (κ1) is 12.6.